The molecule has 1 saturated carbocycles. The van der Waals surface area contributed by atoms with Gasteiger partial charge >= 0.3 is 0 Å². The van der Waals surface area contributed by atoms with Crippen molar-refractivity contribution in [2.45, 2.75) is 73.1 Å². The third-order valence-corrected chi connectivity index (χ3v) is 5.24. The van der Waals surface area contributed by atoms with E-state index in [1.807, 2.05) is 0 Å². The van der Waals surface area contributed by atoms with Crippen LogP contribution in [0.2, 0.25) is 0 Å². The Balaban J connectivity index is 2.03. The molecule has 0 amide bonds. The maximum atomic E-state index is 2.47. The molecular formula is C16H32. The van der Waals surface area contributed by atoms with Crippen LogP contribution < -0.4 is 0 Å². The van der Waals surface area contributed by atoms with Gasteiger partial charge in [0.15, 0.2) is 0 Å². The number of rotatable bonds is 8. The van der Waals surface area contributed by atoms with E-state index in [-0.39, 0.29) is 0 Å². The lowest BCUT2D eigenvalue weighted by Gasteiger charge is -2.14. The van der Waals surface area contributed by atoms with Gasteiger partial charge < -0.3 is 0 Å². The SMILES string of the molecule is CCC(CC)CCCCC(C)C1C(C)C1C. The Morgan fingerprint density at radius 1 is 0.875 bits per heavy atom. The van der Waals surface area contributed by atoms with Gasteiger partial charge in [0.2, 0.25) is 0 Å². The van der Waals surface area contributed by atoms with Crippen LogP contribution in [0.4, 0.5) is 0 Å². The molecule has 0 heteroatoms. The summed E-state index contributed by atoms with van der Waals surface area (Å²) in [5.41, 5.74) is 0. The molecule has 0 radical (unpaired) electrons. The van der Waals surface area contributed by atoms with Crippen molar-refractivity contribution in [3.63, 3.8) is 0 Å². The van der Waals surface area contributed by atoms with E-state index in [0.29, 0.717) is 0 Å². The molecule has 0 aromatic heterocycles. The number of hydrogen-bond acceptors (Lipinski definition) is 0. The van der Waals surface area contributed by atoms with Gasteiger partial charge in [0.1, 0.15) is 0 Å². The smallest absolute Gasteiger partial charge is 0.0332 e. The van der Waals surface area contributed by atoms with E-state index >= 15 is 0 Å². The Bertz CT molecular complexity index is 172. The monoisotopic (exact) mass is 224 g/mol. The highest BCUT2D eigenvalue weighted by Gasteiger charge is 2.45. The third kappa shape index (κ3) is 3.79. The highest BCUT2D eigenvalue weighted by atomic mass is 14.5. The zero-order chi connectivity index (χ0) is 12.1. The Hall–Kier alpha value is 0. The maximum absolute atomic E-state index is 2.47. The molecule has 1 fully saturated rings. The second kappa shape index (κ2) is 6.67. The first-order valence-electron chi connectivity index (χ1n) is 7.61. The summed E-state index contributed by atoms with van der Waals surface area (Å²) in [6, 6.07) is 0. The van der Waals surface area contributed by atoms with Crippen molar-refractivity contribution in [3.8, 4) is 0 Å². The van der Waals surface area contributed by atoms with Gasteiger partial charge in [-0.3, -0.25) is 0 Å². The first-order chi connectivity index (χ1) is 7.61. The molecule has 3 unspecified atom stereocenters. The van der Waals surface area contributed by atoms with Gasteiger partial charge in [-0.05, 0) is 29.6 Å². The maximum Gasteiger partial charge on any atom is -0.0332 e. The fourth-order valence-electron chi connectivity index (χ4n) is 3.53. The summed E-state index contributed by atoms with van der Waals surface area (Å²) >= 11 is 0. The molecule has 0 N–H and O–H groups in total. The van der Waals surface area contributed by atoms with E-state index in [1.165, 1.54) is 38.5 Å². The second-order valence-electron chi connectivity index (χ2n) is 6.24. The fourth-order valence-corrected chi connectivity index (χ4v) is 3.53. The Kier molecular flexibility index (Phi) is 5.86. The van der Waals surface area contributed by atoms with Crippen LogP contribution in [-0.4, -0.2) is 0 Å². The molecule has 1 aliphatic rings. The highest BCUT2D eigenvalue weighted by molar-refractivity contribution is 4.93. The van der Waals surface area contributed by atoms with Gasteiger partial charge in [0.05, 0.1) is 0 Å². The molecule has 0 aromatic rings. The quantitative estimate of drug-likeness (QED) is 0.476. The lowest BCUT2D eigenvalue weighted by molar-refractivity contribution is 0.384. The van der Waals surface area contributed by atoms with E-state index in [0.717, 1.165) is 29.6 Å². The van der Waals surface area contributed by atoms with Crippen LogP contribution in [0.1, 0.15) is 73.1 Å². The zero-order valence-electron chi connectivity index (χ0n) is 12.1. The van der Waals surface area contributed by atoms with E-state index in [1.54, 1.807) is 0 Å². The van der Waals surface area contributed by atoms with Crippen LogP contribution in [0, 0.1) is 29.6 Å². The third-order valence-electron chi connectivity index (χ3n) is 5.24. The molecule has 96 valence electrons. The summed E-state index contributed by atoms with van der Waals surface area (Å²) in [5, 5.41) is 0. The normalized spacial score (nSPS) is 30.8. The topological polar surface area (TPSA) is 0 Å². The van der Waals surface area contributed by atoms with Crippen LogP contribution >= 0.6 is 0 Å². The van der Waals surface area contributed by atoms with Crippen LogP contribution in [-0.2, 0) is 0 Å². The van der Waals surface area contributed by atoms with Crippen molar-refractivity contribution >= 4 is 0 Å². The minimum atomic E-state index is 0.978. The minimum Gasteiger partial charge on any atom is -0.0651 e. The molecule has 0 spiro atoms. The lowest BCUT2D eigenvalue weighted by Crippen LogP contribution is -2.01. The molecule has 0 bridgehead atoms. The zero-order valence-corrected chi connectivity index (χ0v) is 12.1. The first kappa shape index (κ1) is 14.1. The molecular weight excluding hydrogens is 192 g/mol. The predicted octanol–water partition coefficient (Wildman–Crippen LogP) is 5.52. The standard InChI is InChI=1S/C16H32/c1-6-15(7-2)11-9-8-10-12(3)16-13(4)14(16)5/h12-16H,6-11H2,1-5H3. The van der Waals surface area contributed by atoms with Crippen molar-refractivity contribution < 1.29 is 0 Å². The van der Waals surface area contributed by atoms with Gasteiger partial charge in [-0.2, -0.15) is 0 Å². The van der Waals surface area contributed by atoms with E-state index in [4.69, 9.17) is 0 Å². The van der Waals surface area contributed by atoms with Crippen molar-refractivity contribution in [1.82, 2.24) is 0 Å². The molecule has 1 rings (SSSR count). The molecule has 3 atom stereocenters. The van der Waals surface area contributed by atoms with E-state index < -0.39 is 0 Å². The molecule has 0 saturated heterocycles. The highest BCUT2D eigenvalue weighted by Crippen LogP contribution is 2.51. The number of hydrogen-bond donors (Lipinski definition) is 0. The fraction of sp³-hybridized carbons (Fsp3) is 1.00. The Labute approximate surface area is 103 Å². The molecule has 0 heterocycles. The second-order valence-corrected chi connectivity index (χ2v) is 6.24. The molecule has 0 aromatic carbocycles. The van der Waals surface area contributed by atoms with Gasteiger partial charge in [0.25, 0.3) is 0 Å². The Morgan fingerprint density at radius 2 is 1.38 bits per heavy atom. The summed E-state index contributed by atoms with van der Waals surface area (Å²) in [5.74, 6) is 5.04. The molecule has 0 nitrogen and oxygen atoms in total. The van der Waals surface area contributed by atoms with Crippen molar-refractivity contribution in [2.75, 3.05) is 0 Å². The van der Waals surface area contributed by atoms with E-state index in [9.17, 15) is 0 Å². The van der Waals surface area contributed by atoms with Gasteiger partial charge in [-0.15, -0.1) is 0 Å². The Morgan fingerprint density at radius 3 is 1.81 bits per heavy atom. The first-order valence-corrected chi connectivity index (χ1v) is 7.61. The predicted molar refractivity (Wildman–Crippen MR) is 73.5 cm³/mol. The van der Waals surface area contributed by atoms with E-state index in [2.05, 4.69) is 34.6 Å². The van der Waals surface area contributed by atoms with Gasteiger partial charge in [-0.1, -0.05) is 73.1 Å². The number of unbranched alkanes of at least 4 members (excludes halogenated alkanes) is 1. The average Bonchev–Trinajstić information content (AvgIpc) is 2.87. The average molecular weight is 224 g/mol. The molecule has 16 heavy (non-hydrogen) atoms. The lowest BCUT2D eigenvalue weighted by atomic mass is 9.92. The molecule has 0 aliphatic heterocycles. The summed E-state index contributed by atoms with van der Waals surface area (Å²) in [6.45, 7) is 12.0. The van der Waals surface area contributed by atoms with Crippen molar-refractivity contribution in [1.29, 1.82) is 0 Å². The van der Waals surface area contributed by atoms with Gasteiger partial charge in [-0.25, -0.2) is 0 Å². The summed E-state index contributed by atoms with van der Waals surface area (Å²) in [4.78, 5) is 0. The summed E-state index contributed by atoms with van der Waals surface area (Å²) < 4.78 is 0. The van der Waals surface area contributed by atoms with Crippen LogP contribution in [0.3, 0.4) is 0 Å². The van der Waals surface area contributed by atoms with Crippen LogP contribution in [0.25, 0.3) is 0 Å². The minimum absolute atomic E-state index is 0.978. The van der Waals surface area contributed by atoms with Crippen LogP contribution in [0.5, 0.6) is 0 Å². The molecule has 1 aliphatic carbocycles. The summed E-state index contributed by atoms with van der Waals surface area (Å²) in [7, 11) is 0. The van der Waals surface area contributed by atoms with Crippen LogP contribution in [0.15, 0.2) is 0 Å². The van der Waals surface area contributed by atoms with Gasteiger partial charge in [0, 0.05) is 0 Å². The van der Waals surface area contributed by atoms with Crippen molar-refractivity contribution in [3.05, 3.63) is 0 Å². The summed E-state index contributed by atoms with van der Waals surface area (Å²) in [6.07, 6.45) is 8.63. The van der Waals surface area contributed by atoms with Crippen molar-refractivity contribution in [2.24, 2.45) is 29.6 Å². The largest absolute Gasteiger partial charge is 0.0651 e.